The maximum atomic E-state index is 6.06. The molecule has 4 heteroatoms. The van der Waals surface area contributed by atoms with Crippen molar-refractivity contribution < 1.29 is 0 Å². The van der Waals surface area contributed by atoms with Gasteiger partial charge in [-0.1, -0.05) is 24.9 Å². The van der Waals surface area contributed by atoms with Gasteiger partial charge in [-0.25, -0.2) is 9.97 Å². The summed E-state index contributed by atoms with van der Waals surface area (Å²) in [6.07, 6.45) is 1.97. The second-order valence-corrected chi connectivity index (χ2v) is 5.08. The Morgan fingerprint density at radius 1 is 1.11 bits per heavy atom. The molecule has 0 amide bonds. The summed E-state index contributed by atoms with van der Waals surface area (Å²) in [6.45, 7) is 2.13. The van der Waals surface area contributed by atoms with Crippen molar-refractivity contribution in [1.29, 1.82) is 0 Å². The van der Waals surface area contributed by atoms with Gasteiger partial charge >= 0.3 is 0 Å². The zero-order valence-corrected chi connectivity index (χ0v) is 12.3. The molecular weight excluding hydrogens is 258 g/mol. The Labute approximate surface area is 119 Å². The molecule has 0 radical (unpaired) electrons. The predicted octanol–water partition coefficient (Wildman–Crippen LogP) is 3.82. The van der Waals surface area contributed by atoms with Crippen molar-refractivity contribution in [3.63, 3.8) is 0 Å². The van der Waals surface area contributed by atoms with Crippen molar-refractivity contribution in [3.05, 3.63) is 41.2 Å². The molecule has 100 valence electrons. The molecule has 0 spiro atoms. The molecule has 0 saturated heterocycles. The van der Waals surface area contributed by atoms with E-state index < -0.39 is 0 Å². The summed E-state index contributed by atoms with van der Waals surface area (Å²) >= 11 is 6.06. The van der Waals surface area contributed by atoms with Gasteiger partial charge in [0.2, 0.25) is 0 Å². The summed E-state index contributed by atoms with van der Waals surface area (Å²) in [5.41, 5.74) is 3.14. The van der Waals surface area contributed by atoms with Crippen molar-refractivity contribution in [2.24, 2.45) is 0 Å². The average molecular weight is 276 g/mol. The van der Waals surface area contributed by atoms with E-state index in [0.29, 0.717) is 11.0 Å². The lowest BCUT2D eigenvalue weighted by molar-refractivity contribution is 0.875. The molecule has 0 saturated carbocycles. The SMILES string of the molecule is CCCc1cc(Cl)nc(-c2ccc(N(C)C)cc2)n1. The van der Waals surface area contributed by atoms with Crippen molar-refractivity contribution >= 4 is 17.3 Å². The summed E-state index contributed by atoms with van der Waals surface area (Å²) in [5, 5.41) is 0.505. The number of aryl methyl sites for hydroxylation is 1. The molecule has 1 heterocycles. The molecule has 2 aromatic rings. The Balaban J connectivity index is 2.35. The van der Waals surface area contributed by atoms with E-state index in [2.05, 4.69) is 33.9 Å². The number of hydrogen-bond acceptors (Lipinski definition) is 3. The number of hydrogen-bond donors (Lipinski definition) is 0. The number of anilines is 1. The van der Waals surface area contributed by atoms with Gasteiger partial charge in [-0.05, 0) is 36.8 Å². The smallest absolute Gasteiger partial charge is 0.161 e. The van der Waals surface area contributed by atoms with Crippen LogP contribution < -0.4 is 4.90 Å². The van der Waals surface area contributed by atoms with E-state index in [1.54, 1.807) is 0 Å². The Morgan fingerprint density at radius 3 is 2.37 bits per heavy atom. The van der Waals surface area contributed by atoms with Gasteiger partial charge in [0.15, 0.2) is 5.82 Å². The predicted molar refractivity (Wildman–Crippen MR) is 80.8 cm³/mol. The normalized spacial score (nSPS) is 10.5. The van der Waals surface area contributed by atoms with Crippen LogP contribution in [0.5, 0.6) is 0 Å². The first kappa shape index (κ1) is 13.8. The Hall–Kier alpha value is -1.61. The fourth-order valence-electron chi connectivity index (χ4n) is 1.89. The zero-order valence-electron chi connectivity index (χ0n) is 11.5. The van der Waals surface area contributed by atoms with Gasteiger partial charge in [0.1, 0.15) is 5.15 Å². The summed E-state index contributed by atoms with van der Waals surface area (Å²) < 4.78 is 0. The minimum atomic E-state index is 0.505. The highest BCUT2D eigenvalue weighted by molar-refractivity contribution is 6.29. The third-order valence-electron chi connectivity index (χ3n) is 2.90. The van der Waals surface area contributed by atoms with Gasteiger partial charge in [0.25, 0.3) is 0 Å². The van der Waals surface area contributed by atoms with Crippen molar-refractivity contribution in [1.82, 2.24) is 9.97 Å². The second kappa shape index (κ2) is 6.02. The third-order valence-corrected chi connectivity index (χ3v) is 3.09. The van der Waals surface area contributed by atoms with Gasteiger partial charge in [0, 0.05) is 31.0 Å². The van der Waals surface area contributed by atoms with Crippen LogP contribution in [0, 0.1) is 0 Å². The van der Waals surface area contributed by atoms with Crippen LogP contribution in [-0.2, 0) is 6.42 Å². The highest BCUT2D eigenvalue weighted by Gasteiger charge is 2.06. The number of halogens is 1. The number of nitrogens with zero attached hydrogens (tertiary/aromatic N) is 3. The zero-order chi connectivity index (χ0) is 13.8. The van der Waals surface area contributed by atoms with Gasteiger partial charge in [0.05, 0.1) is 0 Å². The van der Waals surface area contributed by atoms with Crippen LogP contribution in [0.15, 0.2) is 30.3 Å². The Bertz CT molecular complexity index is 550. The minimum Gasteiger partial charge on any atom is -0.378 e. The van der Waals surface area contributed by atoms with Crippen LogP contribution in [-0.4, -0.2) is 24.1 Å². The largest absolute Gasteiger partial charge is 0.378 e. The summed E-state index contributed by atoms with van der Waals surface area (Å²) in [5.74, 6) is 0.696. The third kappa shape index (κ3) is 3.44. The fourth-order valence-corrected chi connectivity index (χ4v) is 2.09. The summed E-state index contributed by atoms with van der Waals surface area (Å²) in [6, 6.07) is 9.99. The molecule has 3 nitrogen and oxygen atoms in total. The quantitative estimate of drug-likeness (QED) is 0.795. The van der Waals surface area contributed by atoms with Gasteiger partial charge < -0.3 is 4.90 Å². The maximum absolute atomic E-state index is 6.06. The highest BCUT2D eigenvalue weighted by Crippen LogP contribution is 2.21. The number of rotatable bonds is 4. The van der Waals surface area contributed by atoms with E-state index in [0.717, 1.165) is 29.8 Å². The minimum absolute atomic E-state index is 0.505. The van der Waals surface area contributed by atoms with Crippen LogP contribution in [0.2, 0.25) is 5.15 Å². The van der Waals surface area contributed by atoms with Gasteiger partial charge in [-0.3, -0.25) is 0 Å². The van der Waals surface area contributed by atoms with Crippen LogP contribution in [0.25, 0.3) is 11.4 Å². The molecule has 0 aliphatic carbocycles. The first-order valence-electron chi connectivity index (χ1n) is 6.41. The molecule has 19 heavy (non-hydrogen) atoms. The van der Waals surface area contributed by atoms with E-state index in [9.17, 15) is 0 Å². The molecule has 0 aliphatic heterocycles. The standard InChI is InChI=1S/C15H18ClN3/c1-4-5-12-10-14(16)18-15(17-12)11-6-8-13(9-7-11)19(2)3/h6-10H,4-5H2,1-3H3. The molecule has 2 rings (SSSR count). The average Bonchev–Trinajstić information content (AvgIpc) is 2.38. The summed E-state index contributed by atoms with van der Waals surface area (Å²) in [7, 11) is 4.04. The van der Waals surface area contributed by atoms with Crippen molar-refractivity contribution in [2.45, 2.75) is 19.8 Å². The lowest BCUT2D eigenvalue weighted by Gasteiger charge is -2.12. The van der Waals surface area contributed by atoms with E-state index >= 15 is 0 Å². The highest BCUT2D eigenvalue weighted by atomic mass is 35.5. The number of benzene rings is 1. The Kier molecular flexibility index (Phi) is 4.38. The van der Waals surface area contributed by atoms with Gasteiger partial charge in [-0.15, -0.1) is 0 Å². The van der Waals surface area contributed by atoms with Crippen LogP contribution in [0.4, 0.5) is 5.69 Å². The van der Waals surface area contributed by atoms with E-state index in [4.69, 9.17) is 11.6 Å². The first-order chi connectivity index (χ1) is 9.10. The molecule has 0 atom stereocenters. The maximum Gasteiger partial charge on any atom is 0.161 e. The van der Waals surface area contributed by atoms with Crippen LogP contribution in [0.3, 0.4) is 0 Å². The monoisotopic (exact) mass is 275 g/mol. The number of aromatic nitrogens is 2. The van der Waals surface area contributed by atoms with E-state index in [1.807, 2.05) is 32.3 Å². The van der Waals surface area contributed by atoms with E-state index in [1.165, 1.54) is 0 Å². The molecule has 0 aliphatic rings. The molecule has 0 N–H and O–H groups in total. The molecule has 1 aromatic carbocycles. The van der Waals surface area contributed by atoms with Crippen molar-refractivity contribution in [2.75, 3.05) is 19.0 Å². The lowest BCUT2D eigenvalue weighted by Crippen LogP contribution is -2.08. The van der Waals surface area contributed by atoms with Crippen LogP contribution in [0.1, 0.15) is 19.0 Å². The molecule has 0 bridgehead atoms. The summed E-state index contributed by atoms with van der Waals surface area (Å²) in [4.78, 5) is 10.9. The fraction of sp³-hybridized carbons (Fsp3) is 0.333. The molecular formula is C15H18ClN3. The molecule has 1 aromatic heterocycles. The van der Waals surface area contributed by atoms with Gasteiger partial charge in [-0.2, -0.15) is 0 Å². The lowest BCUT2D eigenvalue weighted by atomic mass is 10.1. The Morgan fingerprint density at radius 2 is 1.79 bits per heavy atom. The van der Waals surface area contributed by atoms with Crippen LogP contribution >= 0.6 is 11.6 Å². The van der Waals surface area contributed by atoms with E-state index in [-0.39, 0.29) is 0 Å². The first-order valence-corrected chi connectivity index (χ1v) is 6.79. The topological polar surface area (TPSA) is 29.0 Å². The second-order valence-electron chi connectivity index (χ2n) is 4.70. The van der Waals surface area contributed by atoms with Crippen molar-refractivity contribution in [3.8, 4) is 11.4 Å². The molecule has 0 fully saturated rings. The molecule has 0 unspecified atom stereocenters.